The highest BCUT2D eigenvalue weighted by atomic mass is 35.5. The van der Waals surface area contributed by atoms with E-state index in [9.17, 15) is 0 Å². The van der Waals surface area contributed by atoms with Gasteiger partial charge in [0.25, 0.3) is 0 Å². The molecule has 1 fully saturated rings. The molecule has 21 heavy (non-hydrogen) atoms. The second-order valence-corrected chi connectivity index (χ2v) is 5.14. The standard InChI is InChI=1S/C15H25N3O.2ClH/c1-17(11-12-18-9-7-16-8-10-18)13-14-5-3-4-6-15(14)19-2;;/h3-6,16H,7-13H2,1-2H3;2*1H. The molecular formula is C15H27Cl2N3O. The highest BCUT2D eigenvalue weighted by Crippen LogP contribution is 2.18. The summed E-state index contributed by atoms with van der Waals surface area (Å²) >= 11 is 0. The summed E-state index contributed by atoms with van der Waals surface area (Å²) in [6.45, 7) is 7.76. The number of nitrogens with zero attached hydrogens (tertiary/aromatic N) is 2. The predicted molar refractivity (Wildman–Crippen MR) is 93.1 cm³/mol. The molecule has 2 rings (SSSR count). The lowest BCUT2D eigenvalue weighted by atomic mass is 10.2. The van der Waals surface area contributed by atoms with E-state index in [1.165, 1.54) is 18.7 Å². The van der Waals surface area contributed by atoms with Crippen LogP contribution in [0.25, 0.3) is 0 Å². The van der Waals surface area contributed by atoms with Gasteiger partial charge < -0.3 is 15.0 Å². The lowest BCUT2D eigenvalue weighted by Crippen LogP contribution is -2.45. The van der Waals surface area contributed by atoms with E-state index in [-0.39, 0.29) is 24.8 Å². The number of likely N-dealkylation sites (N-methyl/N-ethyl adjacent to an activating group) is 1. The molecule has 0 aromatic heterocycles. The van der Waals surface area contributed by atoms with Crippen LogP contribution in [0, 0.1) is 0 Å². The van der Waals surface area contributed by atoms with Gasteiger partial charge in [0.05, 0.1) is 7.11 Å². The normalized spacial score (nSPS) is 15.2. The van der Waals surface area contributed by atoms with E-state index >= 15 is 0 Å². The minimum Gasteiger partial charge on any atom is -0.496 e. The van der Waals surface area contributed by atoms with Crippen molar-refractivity contribution >= 4 is 24.8 Å². The van der Waals surface area contributed by atoms with E-state index in [1.54, 1.807) is 7.11 Å². The van der Waals surface area contributed by atoms with Crippen LogP contribution in [-0.4, -0.2) is 63.2 Å². The summed E-state index contributed by atoms with van der Waals surface area (Å²) in [5.41, 5.74) is 1.26. The smallest absolute Gasteiger partial charge is 0.123 e. The molecule has 1 aromatic carbocycles. The van der Waals surface area contributed by atoms with Crippen molar-refractivity contribution in [1.29, 1.82) is 0 Å². The molecule has 4 nitrogen and oxygen atoms in total. The van der Waals surface area contributed by atoms with Crippen LogP contribution in [0.1, 0.15) is 5.56 Å². The first-order valence-electron chi connectivity index (χ1n) is 7.03. The molecule has 0 spiro atoms. The topological polar surface area (TPSA) is 27.7 Å². The number of methoxy groups -OCH3 is 1. The Morgan fingerprint density at radius 1 is 1.19 bits per heavy atom. The fraction of sp³-hybridized carbons (Fsp3) is 0.600. The van der Waals surface area contributed by atoms with Crippen LogP contribution in [0.15, 0.2) is 24.3 Å². The van der Waals surface area contributed by atoms with Gasteiger partial charge in [0.15, 0.2) is 0 Å². The minimum atomic E-state index is 0. The van der Waals surface area contributed by atoms with Gasteiger partial charge in [-0.05, 0) is 13.1 Å². The molecule has 0 aliphatic carbocycles. The van der Waals surface area contributed by atoms with E-state index in [0.29, 0.717) is 0 Å². The largest absolute Gasteiger partial charge is 0.496 e. The zero-order chi connectivity index (χ0) is 13.5. The summed E-state index contributed by atoms with van der Waals surface area (Å²) in [7, 11) is 3.91. The minimum absolute atomic E-state index is 0. The molecule has 1 aromatic rings. The average molecular weight is 336 g/mol. The number of rotatable bonds is 6. The van der Waals surface area contributed by atoms with Gasteiger partial charge in [-0.25, -0.2) is 0 Å². The van der Waals surface area contributed by atoms with E-state index < -0.39 is 0 Å². The van der Waals surface area contributed by atoms with Gasteiger partial charge in [-0.15, -0.1) is 24.8 Å². The van der Waals surface area contributed by atoms with Crippen molar-refractivity contribution in [3.63, 3.8) is 0 Å². The zero-order valence-corrected chi connectivity index (χ0v) is 14.5. The highest BCUT2D eigenvalue weighted by Gasteiger charge is 2.11. The van der Waals surface area contributed by atoms with Crippen molar-refractivity contribution in [1.82, 2.24) is 15.1 Å². The number of halogens is 2. The molecule has 1 saturated heterocycles. The molecular weight excluding hydrogens is 309 g/mol. The first kappa shape index (κ1) is 20.5. The molecule has 1 aliphatic rings. The molecule has 0 bridgehead atoms. The number of hydrogen-bond donors (Lipinski definition) is 1. The third kappa shape index (κ3) is 6.85. The molecule has 6 heteroatoms. The monoisotopic (exact) mass is 335 g/mol. The van der Waals surface area contributed by atoms with Gasteiger partial charge in [-0.2, -0.15) is 0 Å². The highest BCUT2D eigenvalue weighted by molar-refractivity contribution is 5.85. The van der Waals surface area contributed by atoms with Gasteiger partial charge in [-0.3, -0.25) is 4.90 Å². The van der Waals surface area contributed by atoms with Crippen LogP contribution in [0.2, 0.25) is 0 Å². The van der Waals surface area contributed by atoms with Crippen molar-refractivity contribution < 1.29 is 4.74 Å². The summed E-state index contributed by atoms with van der Waals surface area (Å²) < 4.78 is 5.40. The second kappa shape index (κ2) is 11.1. The number of benzene rings is 1. The SMILES string of the molecule is COc1ccccc1CN(C)CCN1CCNCC1.Cl.Cl. The maximum atomic E-state index is 5.40. The van der Waals surface area contributed by atoms with E-state index in [1.807, 2.05) is 12.1 Å². The van der Waals surface area contributed by atoms with Gasteiger partial charge >= 0.3 is 0 Å². The Morgan fingerprint density at radius 3 is 2.52 bits per heavy atom. The van der Waals surface area contributed by atoms with Crippen molar-refractivity contribution in [3.05, 3.63) is 29.8 Å². The zero-order valence-electron chi connectivity index (χ0n) is 12.9. The number of hydrogen-bond acceptors (Lipinski definition) is 4. The van der Waals surface area contributed by atoms with Crippen molar-refractivity contribution in [2.24, 2.45) is 0 Å². The number of nitrogens with one attached hydrogen (secondary N) is 1. The summed E-state index contributed by atoms with van der Waals surface area (Å²) in [6.07, 6.45) is 0. The molecule has 1 N–H and O–H groups in total. The quantitative estimate of drug-likeness (QED) is 0.858. The Bertz CT molecular complexity index is 387. The maximum absolute atomic E-state index is 5.40. The van der Waals surface area contributed by atoms with E-state index in [2.05, 4.69) is 34.3 Å². The molecule has 0 radical (unpaired) electrons. The van der Waals surface area contributed by atoms with Crippen molar-refractivity contribution in [2.45, 2.75) is 6.54 Å². The van der Waals surface area contributed by atoms with Crippen molar-refractivity contribution in [3.8, 4) is 5.75 Å². The molecule has 0 atom stereocenters. The Labute approximate surface area is 140 Å². The van der Waals surface area contributed by atoms with Crippen molar-refractivity contribution in [2.75, 3.05) is 53.4 Å². The molecule has 1 aliphatic heterocycles. The van der Waals surface area contributed by atoms with E-state index in [4.69, 9.17) is 4.74 Å². The van der Waals surface area contributed by atoms with Crippen LogP contribution in [0.5, 0.6) is 5.75 Å². The second-order valence-electron chi connectivity index (χ2n) is 5.14. The third-order valence-corrected chi connectivity index (χ3v) is 3.64. The van der Waals surface area contributed by atoms with Crippen LogP contribution in [0.4, 0.5) is 0 Å². The first-order valence-corrected chi connectivity index (χ1v) is 7.03. The number of para-hydroxylation sites is 1. The summed E-state index contributed by atoms with van der Waals surface area (Å²) in [5.74, 6) is 0.983. The maximum Gasteiger partial charge on any atom is 0.123 e. The number of ether oxygens (including phenoxy) is 1. The third-order valence-electron chi connectivity index (χ3n) is 3.64. The lowest BCUT2D eigenvalue weighted by molar-refractivity contribution is 0.201. The summed E-state index contributed by atoms with van der Waals surface area (Å²) in [5, 5.41) is 3.39. The van der Waals surface area contributed by atoms with Crippen LogP contribution in [-0.2, 0) is 6.54 Å². The average Bonchev–Trinajstić information content (AvgIpc) is 2.47. The Hall–Kier alpha value is -0.520. The predicted octanol–water partition coefficient (Wildman–Crippen LogP) is 1.88. The Kier molecular flexibility index (Phi) is 10.8. The van der Waals surface area contributed by atoms with Gasteiger partial charge in [0, 0.05) is 51.4 Å². The van der Waals surface area contributed by atoms with E-state index in [0.717, 1.165) is 38.5 Å². The summed E-state index contributed by atoms with van der Waals surface area (Å²) in [4.78, 5) is 4.88. The number of piperazine rings is 1. The Morgan fingerprint density at radius 2 is 1.86 bits per heavy atom. The molecule has 0 amide bonds. The van der Waals surface area contributed by atoms with Crippen LogP contribution < -0.4 is 10.1 Å². The fourth-order valence-corrected chi connectivity index (χ4v) is 2.45. The molecule has 122 valence electrons. The van der Waals surface area contributed by atoms with Crippen LogP contribution in [0.3, 0.4) is 0 Å². The van der Waals surface area contributed by atoms with Gasteiger partial charge in [0.2, 0.25) is 0 Å². The molecule has 0 unspecified atom stereocenters. The molecule has 1 heterocycles. The lowest BCUT2D eigenvalue weighted by Gasteiger charge is -2.29. The molecule has 0 saturated carbocycles. The fourth-order valence-electron chi connectivity index (χ4n) is 2.45. The van der Waals surface area contributed by atoms with Crippen LogP contribution >= 0.6 is 24.8 Å². The first-order chi connectivity index (χ1) is 9.29. The summed E-state index contributed by atoms with van der Waals surface area (Å²) in [6, 6.07) is 8.25. The van der Waals surface area contributed by atoms with Gasteiger partial charge in [0.1, 0.15) is 5.75 Å². The Balaban J connectivity index is 0.00000200. The van der Waals surface area contributed by atoms with Gasteiger partial charge in [-0.1, -0.05) is 18.2 Å².